The lowest BCUT2D eigenvalue weighted by Gasteiger charge is -2.26. The minimum Gasteiger partial charge on any atom is -0.467 e. The van der Waals surface area contributed by atoms with Gasteiger partial charge < -0.3 is 15.1 Å². The first kappa shape index (κ1) is 14.8. The van der Waals surface area contributed by atoms with Crippen molar-refractivity contribution in [1.29, 1.82) is 0 Å². The standard InChI is InChI=1S/C15H20N2O2S/c1-11(2)14(16)15(18)17(9-12-5-3-7-19-12)10-13-6-4-8-20-13/h3-8,11,14H,9-10,16H2,1-2H3/t14-/m1/s1. The third-order valence-electron chi connectivity index (χ3n) is 3.17. The lowest BCUT2D eigenvalue weighted by atomic mass is 10.0. The van der Waals surface area contributed by atoms with Gasteiger partial charge in [-0.2, -0.15) is 0 Å². The van der Waals surface area contributed by atoms with Gasteiger partial charge in [0, 0.05) is 4.88 Å². The van der Waals surface area contributed by atoms with Crippen LogP contribution in [0.4, 0.5) is 0 Å². The summed E-state index contributed by atoms with van der Waals surface area (Å²) in [6.45, 7) is 4.93. The predicted molar refractivity (Wildman–Crippen MR) is 80.1 cm³/mol. The van der Waals surface area contributed by atoms with Gasteiger partial charge in [0.15, 0.2) is 0 Å². The fourth-order valence-electron chi connectivity index (χ4n) is 1.89. The molecule has 0 aliphatic rings. The largest absolute Gasteiger partial charge is 0.467 e. The molecule has 0 saturated heterocycles. The number of carbonyl (C=O) groups is 1. The number of hydrogen-bond acceptors (Lipinski definition) is 4. The van der Waals surface area contributed by atoms with Gasteiger partial charge in [-0.15, -0.1) is 11.3 Å². The lowest BCUT2D eigenvalue weighted by Crippen LogP contribution is -2.45. The number of rotatable bonds is 6. The van der Waals surface area contributed by atoms with E-state index in [1.54, 1.807) is 22.5 Å². The summed E-state index contributed by atoms with van der Waals surface area (Å²) in [6.07, 6.45) is 1.62. The fourth-order valence-corrected chi connectivity index (χ4v) is 2.61. The maximum atomic E-state index is 12.5. The number of thiophene rings is 1. The minimum atomic E-state index is -0.482. The molecule has 0 unspecified atom stereocenters. The van der Waals surface area contributed by atoms with Gasteiger partial charge in [-0.1, -0.05) is 19.9 Å². The lowest BCUT2D eigenvalue weighted by molar-refractivity contribution is -0.135. The zero-order chi connectivity index (χ0) is 14.5. The van der Waals surface area contributed by atoms with Gasteiger partial charge in [-0.05, 0) is 29.5 Å². The number of hydrogen-bond donors (Lipinski definition) is 1. The van der Waals surface area contributed by atoms with Crippen LogP contribution in [0.5, 0.6) is 0 Å². The average molecular weight is 292 g/mol. The molecule has 0 fully saturated rings. The van der Waals surface area contributed by atoms with Crippen molar-refractivity contribution in [2.45, 2.75) is 33.0 Å². The van der Waals surface area contributed by atoms with Gasteiger partial charge in [0.25, 0.3) is 0 Å². The topological polar surface area (TPSA) is 59.5 Å². The van der Waals surface area contributed by atoms with Crippen LogP contribution in [0.3, 0.4) is 0 Å². The van der Waals surface area contributed by atoms with Crippen molar-refractivity contribution >= 4 is 17.2 Å². The van der Waals surface area contributed by atoms with Crippen molar-refractivity contribution in [1.82, 2.24) is 4.90 Å². The molecule has 0 spiro atoms. The van der Waals surface area contributed by atoms with Crippen LogP contribution in [0.25, 0.3) is 0 Å². The summed E-state index contributed by atoms with van der Waals surface area (Å²) in [7, 11) is 0. The first-order valence-electron chi connectivity index (χ1n) is 6.67. The van der Waals surface area contributed by atoms with Crippen LogP contribution in [0.15, 0.2) is 40.3 Å². The van der Waals surface area contributed by atoms with Crippen molar-refractivity contribution in [3.63, 3.8) is 0 Å². The quantitative estimate of drug-likeness (QED) is 0.890. The highest BCUT2D eigenvalue weighted by molar-refractivity contribution is 7.09. The van der Waals surface area contributed by atoms with E-state index < -0.39 is 6.04 Å². The highest BCUT2D eigenvalue weighted by Crippen LogP contribution is 2.16. The zero-order valence-electron chi connectivity index (χ0n) is 11.8. The first-order valence-corrected chi connectivity index (χ1v) is 7.55. The Morgan fingerprint density at radius 1 is 1.35 bits per heavy atom. The monoisotopic (exact) mass is 292 g/mol. The molecular weight excluding hydrogens is 272 g/mol. The summed E-state index contributed by atoms with van der Waals surface area (Å²) in [5.41, 5.74) is 6.00. The molecule has 4 nitrogen and oxygen atoms in total. The Morgan fingerprint density at radius 2 is 2.15 bits per heavy atom. The highest BCUT2D eigenvalue weighted by Gasteiger charge is 2.24. The van der Waals surface area contributed by atoms with Gasteiger partial charge in [0.1, 0.15) is 5.76 Å². The van der Waals surface area contributed by atoms with E-state index in [9.17, 15) is 4.79 Å². The summed E-state index contributed by atoms with van der Waals surface area (Å²) >= 11 is 1.64. The van der Waals surface area contributed by atoms with Gasteiger partial charge in [-0.25, -0.2) is 0 Å². The summed E-state index contributed by atoms with van der Waals surface area (Å²) < 4.78 is 5.34. The molecular formula is C15H20N2O2S. The molecule has 0 radical (unpaired) electrons. The molecule has 2 aromatic rings. The molecule has 2 N–H and O–H groups in total. The van der Waals surface area contributed by atoms with Crippen molar-refractivity contribution in [3.05, 3.63) is 46.5 Å². The Bertz CT molecular complexity index is 484. The molecule has 1 amide bonds. The van der Waals surface area contributed by atoms with Crippen LogP contribution >= 0.6 is 11.3 Å². The molecule has 1 atom stereocenters. The van der Waals surface area contributed by atoms with Gasteiger partial charge >= 0.3 is 0 Å². The molecule has 0 aliphatic heterocycles. The second-order valence-electron chi connectivity index (χ2n) is 5.12. The normalized spacial score (nSPS) is 12.6. The highest BCUT2D eigenvalue weighted by atomic mass is 32.1. The molecule has 0 saturated carbocycles. The van der Waals surface area contributed by atoms with Gasteiger partial charge in [0.05, 0.1) is 25.4 Å². The summed E-state index contributed by atoms with van der Waals surface area (Å²) in [4.78, 5) is 15.4. The van der Waals surface area contributed by atoms with Crippen LogP contribution in [0.2, 0.25) is 0 Å². The molecule has 0 aromatic carbocycles. The van der Waals surface area contributed by atoms with Gasteiger partial charge in [-0.3, -0.25) is 4.79 Å². The average Bonchev–Trinajstić information content (AvgIpc) is 3.09. The van der Waals surface area contributed by atoms with Crippen molar-refractivity contribution in [2.75, 3.05) is 0 Å². The summed E-state index contributed by atoms with van der Waals surface area (Å²) in [5.74, 6) is 0.848. The van der Waals surface area contributed by atoms with E-state index in [4.69, 9.17) is 10.2 Å². The van der Waals surface area contributed by atoms with Crippen LogP contribution < -0.4 is 5.73 Å². The van der Waals surface area contributed by atoms with E-state index in [-0.39, 0.29) is 11.8 Å². The number of nitrogens with two attached hydrogens (primary N) is 1. The molecule has 20 heavy (non-hydrogen) atoms. The molecule has 0 bridgehead atoms. The fraction of sp³-hybridized carbons (Fsp3) is 0.400. The molecule has 0 aliphatic carbocycles. The second-order valence-corrected chi connectivity index (χ2v) is 6.16. The number of amides is 1. The summed E-state index contributed by atoms with van der Waals surface area (Å²) in [6, 6.07) is 7.22. The van der Waals surface area contributed by atoms with Crippen molar-refractivity contribution in [2.24, 2.45) is 11.7 Å². The van der Waals surface area contributed by atoms with E-state index in [0.29, 0.717) is 13.1 Å². The van der Waals surface area contributed by atoms with Crippen LogP contribution in [0.1, 0.15) is 24.5 Å². The Morgan fingerprint density at radius 3 is 2.70 bits per heavy atom. The number of nitrogens with zero attached hydrogens (tertiary/aromatic N) is 1. The van der Waals surface area contributed by atoms with E-state index in [1.807, 2.05) is 43.5 Å². The van der Waals surface area contributed by atoms with Crippen molar-refractivity contribution in [3.8, 4) is 0 Å². The Kier molecular flexibility index (Phi) is 4.98. The molecule has 5 heteroatoms. The number of furan rings is 1. The predicted octanol–water partition coefficient (Wildman–Crippen LogP) is 2.85. The van der Waals surface area contributed by atoms with E-state index in [0.717, 1.165) is 10.6 Å². The smallest absolute Gasteiger partial charge is 0.240 e. The van der Waals surface area contributed by atoms with E-state index in [2.05, 4.69) is 0 Å². The Hall–Kier alpha value is -1.59. The minimum absolute atomic E-state index is 0.0372. The van der Waals surface area contributed by atoms with Crippen LogP contribution in [-0.2, 0) is 17.9 Å². The third kappa shape index (κ3) is 3.71. The zero-order valence-corrected chi connectivity index (χ0v) is 12.6. The van der Waals surface area contributed by atoms with Crippen LogP contribution in [0, 0.1) is 5.92 Å². The maximum Gasteiger partial charge on any atom is 0.240 e. The first-order chi connectivity index (χ1) is 9.58. The molecule has 2 heterocycles. The van der Waals surface area contributed by atoms with Crippen LogP contribution in [-0.4, -0.2) is 16.8 Å². The second kappa shape index (κ2) is 6.72. The summed E-state index contributed by atoms with van der Waals surface area (Å²) in [5, 5.41) is 2.01. The molecule has 108 valence electrons. The van der Waals surface area contributed by atoms with Gasteiger partial charge in [0.2, 0.25) is 5.91 Å². The Balaban J connectivity index is 2.12. The SMILES string of the molecule is CC(C)[C@@H](N)C(=O)N(Cc1ccco1)Cc1cccs1. The Labute approximate surface area is 123 Å². The number of carbonyl (C=O) groups excluding carboxylic acids is 1. The van der Waals surface area contributed by atoms with E-state index >= 15 is 0 Å². The third-order valence-corrected chi connectivity index (χ3v) is 4.03. The maximum absolute atomic E-state index is 12.5. The molecule has 2 rings (SSSR count). The molecule has 2 aromatic heterocycles. The van der Waals surface area contributed by atoms with Crippen molar-refractivity contribution < 1.29 is 9.21 Å². The van der Waals surface area contributed by atoms with E-state index in [1.165, 1.54) is 0 Å².